The van der Waals surface area contributed by atoms with Gasteiger partial charge in [0.15, 0.2) is 5.76 Å². The van der Waals surface area contributed by atoms with Crippen LogP contribution in [0.3, 0.4) is 0 Å². The summed E-state index contributed by atoms with van der Waals surface area (Å²) in [6, 6.07) is 12.5. The fraction of sp³-hybridized carbons (Fsp3) is 0.217. The van der Waals surface area contributed by atoms with Crippen LogP contribution < -0.4 is 9.62 Å². The largest absolute Gasteiger partial charge is 0.354 e. The molecule has 0 unspecified atom stereocenters. The van der Waals surface area contributed by atoms with Crippen molar-refractivity contribution in [1.82, 2.24) is 5.16 Å². The van der Waals surface area contributed by atoms with Crippen molar-refractivity contribution in [2.24, 2.45) is 0 Å². The number of amides is 1. The summed E-state index contributed by atoms with van der Waals surface area (Å²) < 4.78 is 33.1. The van der Waals surface area contributed by atoms with E-state index in [1.165, 1.54) is 11.2 Å². The maximum absolute atomic E-state index is 13.3. The molecule has 0 aliphatic carbocycles. The van der Waals surface area contributed by atoms with Crippen molar-refractivity contribution in [1.29, 1.82) is 0 Å². The van der Waals surface area contributed by atoms with Gasteiger partial charge in [0.2, 0.25) is 5.91 Å². The third kappa shape index (κ3) is 4.86. The number of nitrogens with one attached hydrogen (secondary N) is 1. The number of nitrogens with zero attached hydrogens (tertiary/aromatic N) is 2. The molecule has 0 fully saturated rings. The topological polar surface area (TPSA) is 92.5 Å². The molecule has 162 valence electrons. The van der Waals surface area contributed by atoms with Gasteiger partial charge in [-0.15, -0.1) is 0 Å². The van der Waals surface area contributed by atoms with Gasteiger partial charge in [0.05, 0.1) is 10.6 Å². The van der Waals surface area contributed by atoms with Crippen molar-refractivity contribution >= 4 is 39.5 Å². The predicted octanol–water partition coefficient (Wildman–Crippen LogP) is 4.55. The van der Waals surface area contributed by atoms with Gasteiger partial charge < -0.3 is 9.84 Å². The third-order valence-corrected chi connectivity index (χ3v) is 6.79. The van der Waals surface area contributed by atoms with Gasteiger partial charge in [-0.05, 0) is 56.2 Å². The minimum atomic E-state index is -3.75. The first-order valence-corrected chi connectivity index (χ1v) is 11.1. The number of carbonyl (C=O) groups excluding carboxylic acids is 1. The van der Waals surface area contributed by atoms with Crippen LogP contribution in [0, 0.1) is 20.8 Å². The zero-order valence-corrected chi connectivity index (χ0v) is 18.9. The lowest BCUT2D eigenvalue weighted by molar-refractivity contribution is -0.114. The molecule has 2 aromatic carbocycles. The summed E-state index contributed by atoms with van der Waals surface area (Å²) in [4.78, 5) is 11.6. The van der Waals surface area contributed by atoms with Crippen molar-refractivity contribution in [3.63, 3.8) is 0 Å². The Morgan fingerprint density at radius 1 is 1.06 bits per heavy atom. The van der Waals surface area contributed by atoms with Crippen molar-refractivity contribution in [3.05, 3.63) is 70.6 Å². The summed E-state index contributed by atoms with van der Waals surface area (Å²) in [5.41, 5.74) is 4.00. The van der Waals surface area contributed by atoms with Crippen LogP contribution in [0.15, 0.2) is 51.9 Å². The van der Waals surface area contributed by atoms with E-state index in [4.69, 9.17) is 4.52 Å². The minimum absolute atomic E-state index is 0.216. The number of hydrogen-bond donors (Lipinski definition) is 1. The first-order chi connectivity index (χ1) is 14.6. The molecule has 0 bridgehead atoms. The number of carbonyl (C=O) groups is 1. The molecule has 1 aromatic heterocycles. The lowest BCUT2D eigenvalue weighted by Crippen LogP contribution is -2.27. The van der Waals surface area contributed by atoms with Crippen LogP contribution in [0.25, 0.3) is 12.2 Å². The molecule has 1 amide bonds. The SMILES string of the molecule is CC(=O)Nc1c(C)noc1/C=C\c1ccc(C)c(S(=O)(=O)N(C)c2ccc(C)cc2)c1. The Kier molecular flexibility index (Phi) is 6.31. The van der Waals surface area contributed by atoms with Crippen LogP contribution in [0.4, 0.5) is 11.4 Å². The van der Waals surface area contributed by atoms with Gasteiger partial charge in [-0.1, -0.05) is 41.1 Å². The molecule has 3 rings (SSSR count). The molecule has 0 saturated carbocycles. The van der Waals surface area contributed by atoms with Gasteiger partial charge in [-0.25, -0.2) is 8.42 Å². The van der Waals surface area contributed by atoms with Gasteiger partial charge in [-0.2, -0.15) is 0 Å². The average molecular weight is 440 g/mol. The molecule has 0 aliphatic heterocycles. The van der Waals surface area contributed by atoms with E-state index in [1.54, 1.807) is 57.3 Å². The van der Waals surface area contributed by atoms with Crippen LogP contribution >= 0.6 is 0 Å². The number of anilines is 2. The van der Waals surface area contributed by atoms with Gasteiger partial charge >= 0.3 is 0 Å². The zero-order valence-electron chi connectivity index (χ0n) is 18.1. The average Bonchev–Trinajstić information content (AvgIpc) is 3.06. The van der Waals surface area contributed by atoms with E-state index in [-0.39, 0.29) is 10.8 Å². The van der Waals surface area contributed by atoms with Crippen LogP contribution in [0.2, 0.25) is 0 Å². The molecule has 0 atom stereocenters. The second-order valence-electron chi connectivity index (χ2n) is 7.35. The van der Waals surface area contributed by atoms with E-state index in [9.17, 15) is 13.2 Å². The quantitative estimate of drug-likeness (QED) is 0.608. The maximum atomic E-state index is 13.3. The monoisotopic (exact) mass is 439 g/mol. The number of aromatic nitrogens is 1. The van der Waals surface area contributed by atoms with Crippen LogP contribution in [-0.2, 0) is 14.8 Å². The van der Waals surface area contributed by atoms with Crippen LogP contribution in [0.1, 0.15) is 35.1 Å². The highest BCUT2D eigenvalue weighted by atomic mass is 32.2. The van der Waals surface area contributed by atoms with Gasteiger partial charge in [0.25, 0.3) is 10.0 Å². The molecule has 0 spiro atoms. The molecule has 0 saturated heterocycles. The Hall–Kier alpha value is -3.39. The summed E-state index contributed by atoms with van der Waals surface area (Å²) in [5, 5.41) is 6.56. The van der Waals surface area contributed by atoms with Crippen molar-refractivity contribution in [2.75, 3.05) is 16.7 Å². The molecular weight excluding hydrogens is 414 g/mol. The molecule has 1 heterocycles. The molecule has 8 heteroatoms. The number of hydrogen-bond acceptors (Lipinski definition) is 5. The van der Waals surface area contributed by atoms with E-state index in [1.807, 2.05) is 25.1 Å². The number of rotatable bonds is 6. The smallest absolute Gasteiger partial charge is 0.264 e. The van der Waals surface area contributed by atoms with Crippen molar-refractivity contribution in [3.8, 4) is 0 Å². The molecule has 31 heavy (non-hydrogen) atoms. The lowest BCUT2D eigenvalue weighted by atomic mass is 10.1. The number of benzene rings is 2. The van der Waals surface area contributed by atoms with E-state index in [0.29, 0.717) is 34.0 Å². The molecule has 0 aliphatic rings. The Morgan fingerprint density at radius 3 is 2.39 bits per heavy atom. The highest BCUT2D eigenvalue weighted by Crippen LogP contribution is 2.27. The van der Waals surface area contributed by atoms with Gasteiger partial charge in [0.1, 0.15) is 11.4 Å². The van der Waals surface area contributed by atoms with E-state index < -0.39 is 10.0 Å². The fourth-order valence-electron chi connectivity index (χ4n) is 3.04. The van der Waals surface area contributed by atoms with E-state index in [2.05, 4.69) is 10.5 Å². The normalized spacial score (nSPS) is 11.6. The van der Waals surface area contributed by atoms with Crippen molar-refractivity contribution < 1.29 is 17.7 Å². The maximum Gasteiger partial charge on any atom is 0.264 e. The zero-order chi connectivity index (χ0) is 22.8. The highest BCUT2D eigenvalue weighted by molar-refractivity contribution is 7.92. The number of sulfonamides is 1. The molecule has 0 radical (unpaired) electrons. The molecule has 7 nitrogen and oxygen atoms in total. The van der Waals surface area contributed by atoms with Crippen LogP contribution in [-0.4, -0.2) is 26.5 Å². The van der Waals surface area contributed by atoms with Crippen LogP contribution in [0.5, 0.6) is 0 Å². The Balaban J connectivity index is 1.94. The minimum Gasteiger partial charge on any atom is -0.354 e. The molecule has 1 N–H and O–H groups in total. The third-order valence-electron chi connectivity index (χ3n) is 4.87. The molecular formula is C23H25N3O4S. The summed E-state index contributed by atoms with van der Waals surface area (Å²) in [6.07, 6.45) is 3.37. The Morgan fingerprint density at radius 2 is 1.74 bits per heavy atom. The highest BCUT2D eigenvalue weighted by Gasteiger charge is 2.23. The standard InChI is InChI=1S/C23H25N3O4S/c1-15-6-11-20(12-7-15)26(5)31(28,29)22-14-19(9-8-16(22)2)10-13-21-23(24-18(4)27)17(3)25-30-21/h6-14H,1-5H3,(H,24,27)/b13-10-. The van der Waals surface area contributed by atoms with E-state index in [0.717, 1.165) is 5.56 Å². The fourth-order valence-corrected chi connectivity index (χ4v) is 4.49. The summed E-state index contributed by atoms with van der Waals surface area (Å²) >= 11 is 0. The number of aryl methyl sites for hydroxylation is 3. The molecule has 3 aromatic rings. The predicted molar refractivity (Wildman–Crippen MR) is 122 cm³/mol. The first-order valence-electron chi connectivity index (χ1n) is 9.68. The second-order valence-corrected chi connectivity index (χ2v) is 9.29. The van der Waals surface area contributed by atoms with Crippen molar-refractivity contribution in [2.45, 2.75) is 32.6 Å². The summed E-state index contributed by atoms with van der Waals surface area (Å²) in [6.45, 7) is 6.84. The Bertz CT molecular complexity index is 1240. The lowest BCUT2D eigenvalue weighted by Gasteiger charge is -2.21. The van der Waals surface area contributed by atoms with Gasteiger partial charge in [-0.3, -0.25) is 9.10 Å². The second kappa shape index (κ2) is 8.77. The summed E-state index contributed by atoms with van der Waals surface area (Å²) in [5.74, 6) is 0.151. The first kappa shape index (κ1) is 22.3. The summed E-state index contributed by atoms with van der Waals surface area (Å²) in [7, 11) is -2.21. The van der Waals surface area contributed by atoms with Gasteiger partial charge in [0, 0.05) is 14.0 Å². The van der Waals surface area contributed by atoms with E-state index >= 15 is 0 Å². The Labute approximate surface area is 182 Å².